The molecule has 19 heteroatoms. The molecule has 0 amide bonds. The molecule has 3 heterocycles. The molecule has 19 nitrogen and oxygen atoms in total. The molecular weight excluding hydrogens is 971 g/mol. The van der Waals surface area contributed by atoms with E-state index in [2.05, 4.69) is 56.6 Å². The molecule has 438 valence electrons. The van der Waals surface area contributed by atoms with Gasteiger partial charge >= 0.3 is 17.9 Å². The van der Waals surface area contributed by atoms with Gasteiger partial charge in [-0.25, -0.2) is 0 Å². The maximum Gasteiger partial charge on any atom is 0.307 e. The SMILES string of the molecule is CCCCCCCCCCCCn1cc(COC(=O)CCN(CCC=O)CCCN(C)CCCNCCCOC2CC(OC(C)=O)CC(COC(C)=O)O2)nn1.CCCCCCCCCCCCn1cc(COC)nn1. The Kier molecular flexibility index (Phi) is 42.3. The second-order valence-corrected chi connectivity index (χ2v) is 20.6. The van der Waals surface area contributed by atoms with E-state index in [1.54, 1.807) is 7.11 Å². The van der Waals surface area contributed by atoms with E-state index in [9.17, 15) is 19.2 Å². The lowest BCUT2D eigenvalue weighted by molar-refractivity contribution is -0.229. The molecule has 3 rings (SSSR count). The van der Waals surface area contributed by atoms with Crippen LogP contribution >= 0.6 is 0 Å². The molecule has 2 aromatic heterocycles. The smallest absolute Gasteiger partial charge is 0.307 e. The Balaban J connectivity index is 0.000000823. The second-order valence-electron chi connectivity index (χ2n) is 20.6. The standard InChI is InChI=1S/C41H74N6O9.C16H31N3O/c1-5-6-7-8-9-10-11-12-13-14-26-47-32-37(43-44-47)33-54-40(51)19-27-46(25-18-28-48)24-17-23-45(4)22-15-20-42-21-16-29-52-41-31-38(55-36(3)50)30-39(56-41)34-53-35(2)49;1-3-4-5-6-7-8-9-10-11-12-13-19-14-16(15-20-2)17-18-19/h28,32,38-39,41-42H,5-27,29-31,33-34H2,1-4H3;14H,3-13,15H2,1-2H3. The quantitative estimate of drug-likeness (QED) is 0.0284. The molecule has 1 N–H and O–H groups in total. The van der Waals surface area contributed by atoms with E-state index in [0.717, 1.165) is 83.5 Å². The Morgan fingerprint density at radius 1 is 0.671 bits per heavy atom. The fraction of sp³-hybridized carbons (Fsp3) is 0.860. The molecule has 0 saturated carbocycles. The minimum Gasteiger partial charge on any atom is -0.463 e. The summed E-state index contributed by atoms with van der Waals surface area (Å²) in [4.78, 5) is 50.7. The van der Waals surface area contributed by atoms with Gasteiger partial charge in [-0.2, -0.15) is 0 Å². The van der Waals surface area contributed by atoms with E-state index < -0.39 is 6.29 Å². The van der Waals surface area contributed by atoms with Gasteiger partial charge in [-0.05, 0) is 71.9 Å². The number of ether oxygens (including phenoxy) is 6. The predicted molar refractivity (Wildman–Crippen MR) is 296 cm³/mol. The molecule has 0 spiro atoms. The molecule has 2 aromatic rings. The number of nitrogens with zero attached hydrogens (tertiary/aromatic N) is 8. The Morgan fingerprint density at radius 3 is 1.78 bits per heavy atom. The monoisotopic (exact) mass is 1080 g/mol. The van der Waals surface area contributed by atoms with Crippen molar-refractivity contribution in [2.45, 2.75) is 246 Å². The van der Waals surface area contributed by atoms with E-state index in [1.807, 2.05) is 21.8 Å². The van der Waals surface area contributed by atoms with Gasteiger partial charge in [0.15, 0.2) is 6.29 Å². The van der Waals surface area contributed by atoms with Crippen molar-refractivity contribution in [3.8, 4) is 0 Å². The normalized spacial score (nSPS) is 15.4. The first-order valence-corrected chi connectivity index (χ1v) is 29.6. The van der Waals surface area contributed by atoms with Crippen LogP contribution in [0.5, 0.6) is 0 Å². The van der Waals surface area contributed by atoms with Crippen LogP contribution in [0.15, 0.2) is 12.4 Å². The fourth-order valence-corrected chi connectivity index (χ4v) is 9.12. The van der Waals surface area contributed by atoms with Crippen LogP contribution in [0.4, 0.5) is 0 Å². The van der Waals surface area contributed by atoms with Gasteiger partial charge in [0.25, 0.3) is 0 Å². The van der Waals surface area contributed by atoms with Gasteiger partial charge in [0, 0.05) is 66.4 Å². The number of hydrogen-bond donors (Lipinski definition) is 1. The molecule has 76 heavy (non-hydrogen) atoms. The molecule has 1 aliphatic heterocycles. The van der Waals surface area contributed by atoms with Crippen molar-refractivity contribution in [1.29, 1.82) is 0 Å². The molecule has 3 atom stereocenters. The van der Waals surface area contributed by atoms with Crippen LogP contribution in [-0.2, 0) is 73.9 Å². The number of aldehydes is 1. The number of aryl methyl sites for hydroxylation is 2. The summed E-state index contributed by atoms with van der Waals surface area (Å²) in [5, 5.41) is 20.0. The minimum atomic E-state index is -0.520. The summed E-state index contributed by atoms with van der Waals surface area (Å²) < 4.78 is 36.5. The average molecular weight is 1080 g/mol. The molecule has 0 radical (unpaired) electrons. The summed E-state index contributed by atoms with van der Waals surface area (Å²) >= 11 is 0. The van der Waals surface area contributed by atoms with E-state index in [4.69, 9.17) is 28.4 Å². The van der Waals surface area contributed by atoms with Gasteiger partial charge in [-0.15, -0.1) is 10.2 Å². The van der Waals surface area contributed by atoms with E-state index in [1.165, 1.54) is 136 Å². The number of esters is 3. The molecule has 1 aliphatic rings. The zero-order valence-corrected chi connectivity index (χ0v) is 48.4. The number of carbonyl (C=O) groups is 4. The number of rotatable bonds is 48. The van der Waals surface area contributed by atoms with Crippen LogP contribution in [0.3, 0.4) is 0 Å². The number of methoxy groups -OCH3 is 1. The number of carbonyl (C=O) groups excluding carboxylic acids is 4. The first-order valence-electron chi connectivity index (χ1n) is 29.6. The lowest BCUT2D eigenvalue weighted by Crippen LogP contribution is -2.41. The van der Waals surface area contributed by atoms with E-state index in [0.29, 0.717) is 51.3 Å². The summed E-state index contributed by atoms with van der Waals surface area (Å²) in [6, 6.07) is 0. The zero-order valence-electron chi connectivity index (χ0n) is 48.4. The van der Waals surface area contributed by atoms with Crippen LogP contribution in [0.1, 0.15) is 212 Å². The Morgan fingerprint density at radius 2 is 1.22 bits per heavy atom. The Hall–Kier alpha value is -3.88. The first kappa shape index (κ1) is 68.2. The van der Waals surface area contributed by atoms with Crippen LogP contribution in [0.2, 0.25) is 0 Å². The lowest BCUT2D eigenvalue weighted by atomic mass is 10.1. The van der Waals surface area contributed by atoms with Crippen LogP contribution < -0.4 is 5.32 Å². The maximum absolute atomic E-state index is 12.5. The van der Waals surface area contributed by atoms with Crippen LogP contribution in [-0.4, -0.2) is 156 Å². The number of aromatic nitrogens is 6. The van der Waals surface area contributed by atoms with Crippen molar-refractivity contribution >= 4 is 24.2 Å². The predicted octanol–water partition coefficient (Wildman–Crippen LogP) is 9.58. The second kappa shape index (κ2) is 47.1. The lowest BCUT2D eigenvalue weighted by Gasteiger charge is -2.34. The summed E-state index contributed by atoms with van der Waals surface area (Å²) in [7, 11) is 3.79. The van der Waals surface area contributed by atoms with Crippen molar-refractivity contribution in [3.05, 3.63) is 23.8 Å². The third kappa shape index (κ3) is 38.6. The molecule has 0 bridgehead atoms. The molecule has 1 fully saturated rings. The fourth-order valence-electron chi connectivity index (χ4n) is 9.12. The summed E-state index contributed by atoms with van der Waals surface area (Å²) in [6.45, 7) is 15.8. The maximum atomic E-state index is 12.5. The topological polar surface area (TPSA) is 204 Å². The third-order valence-electron chi connectivity index (χ3n) is 13.4. The molecule has 0 aliphatic carbocycles. The van der Waals surface area contributed by atoms with E-state index in [-0.39, 0.29) is 49.8 Å². The van der Waals surface area contributed by atoms with Crippen molar-refractivity contribution in [2.75, 3.05) is 73.2 Å². The van der Waals surface area contributed by atoms with Gasteiger partial charge in [0.2, 0.25) is 0 Å². The number of hydrogen-bond acceptors (Lipinski definition) is 17. The van der Waals surface area contributed by atoms with Gasteiger partial charge in [-0.3, -0.25) is 23.7 Å². The Labute approximate surface area is 458 Å². The van der Waals surface area contributed by atoms with Crippen molar-refractivity contribution in [3.63, 3.8) is 0 Å². The highest BCUT2D eigenvalue weighted by molar-refractivity contribution is 5.69. The largest absolute Gasteiger partial charge is 0.463 e. The highest BCUT2D eigenvalue weighted by atomic mass is 16.7. The average Bonchev–Trinajstić information content (AvgIpc) is 4.06. The Bertz CT molecular complexity index is 1720. The summed E-state index contributed by atoms with van der Waals surface area (Å²) in [5.41, 5.74) is 1.57. The van der Waals surface area contributed by atoms with Gasteiger partial charge in [0.05, 0.1) is 38.1 Å². The van der Waals surface area contributed by atoms with Crippen LogP contribution in [0.25, 0.3) is 0 Å². The summed E-state index contributed by atoms with van der Waals surface area (Å²) in [5.74, 6) is -1.02. The van der Waals surface area contributed by atoms with Crippen molar-refractivity contribution < 1.29 is 47.6 Å². The molecule has 1 saturated heterocycles. The minimum absolute atomic E-state index is 0.102. The zero-order chi connectivity index (χ0) is 55.1. The summed E-state index contributed by atoms with van der Waals surface area (Å²) in [6.07, 6.45) is 34.4. The van der Waals surface area contributed by atoms with Gasteiger partial charge in [-0.1, -0.05) is 140 Å². The van der Waals surface area contributed by atoms with Crippen LogP contribution in [0, 0.1) is 0 Å². The third-order valence-corrected chi connectivity index (χ3v) is 13.4. The van der Waals surface area contributed by atoms with Gasteiger partial charge in [0.1, 0.15) is 37.0 Å². The molecular formula is C57H105N9O10. The number of nitrogens with one attached hydrogen (secondary N) is 1. The molecule has 3 unspecified atom stereocenters. The first-order chi connectivity index (χ1) is 37.0. The van der Waals surface area contributed by atoms with Crippen molar-refractivity contribution in [1.82, 2.24) is 45.1 Å². The highest BCUT2D eigenvalue weighted by Gasteiger charge is 2.32. The van der Waals surface area contributed by atoms with Gasteiger partial charge < -0.3 is 48.3 Å². The van der Waals surface area contributed by atoms with Crippen molar-refractivity contribution in [2.24, 2.45) is 0 Å². The highest BCUT2D eigenvalue weighted by Crippen LogP contribution is 2.24. The van der Waals surface area contributed by atoms with E-state index >= 15 is 0 Å². The molecule has 0 aromatic carbocycles. The number of unbranched alkanes of at least 4 members (excludes halogenated alkanes) is 18.